The van der Waals surface area contributed by atoms with Crippen LogP contribution < -0.4 is 5.73 Å². The zero-order chi connectivity index (χ0) is 11.5. The fourth-order valence-electron chi connectivity index (χ4n) is 1.30. The highest BCUT2D eigenvalue weighted by molar-refractivity contribution is 6.30. The van der Waals surface area contributed by atoms with E-state index in [1.165, 1.54) is 0 Å². The fourth-order valence-corrected chi connectivity index (χ4v) is 1.42. The Morgan fingerprint density at radius 3 is 2.56 bits per heavy atom. The van der Waals surface area contributed by atoms with Crippen molar-refractivity contribution < 1.29 is 4.42 Å². The standard InChI is InChI=1S/C11H12ClN3O/c1-7(13)11-15-14-10(16-11)6-8-2-4-9(12)5-3-8/h2-5,7H,6,13H2,1H3. The molecule has 0 amide bonds. The molecule has 1 aromatic heterocycles. The van der Waals surface area contributed by atoms with Crippen LogP contribution in [0.2, 0.25) is 5.02 Å². The Morgan fingerprint density at radius 1 is 1.31 bits per heavy atom. The lowest BCUT2D eigenvalue weighted by atomic mass is 10.1. The summed E-state index contributed by atoms with van der Waals surface area (Å²) in [7, 11) is 0. The molecule has 84 valence electrons. The third kappa shape index (κ3) is 2.59. The van der Waals surface area contributed by atoms with Crippen molar-refractivity contribution in [3.8, 4) is 0 Å². The Morgan fingerprint density at radius 2 is 2.00 bits per heavy atom. The van der Waals surface area contributed by atoms with Gasteiger partial charge in [-0.25, -0.2) is 0 Å². The Kier molecular flexibility index (Phi) is 3.22. The second kappa shape index (κ2) is 4.63. The van der Waals surface area contributed by atoms with Crippen LogP contribution in [0.4, 0.5) is 0 Å². The first-order valence-electron chi connectivity index (χ1n) is 4.97. The third-order valence-corrected chi connectivity index (χ3v) is 2.39. The molecule has 0 bridgehead atoms. The van der Waals surface area contributed by atoms with Crippen LogP contribution in [0.15, 0.2) is 28.7 Å². The van der Waals surface area contributed by atoms with Crippen LogP contribution in [-0.4, -0.2) is 10.2 Å². The van der Waals surface area contributed by atoms with Crippen LogP contribution in [0.3, 0.4) is 0 Å². The van der Waals surface area contributed by atoms with Gasteiger partial charge in [-0.3, -0.25) is 0 Å². The summed E-state index contributed by atoms with van der Waals surface area (Å²) in [4.78, 5) is 0. The SMILES string of the molecule is CC(N)c1nnc(Cc2ccc(Cl)cc2)o1. The largest absolute Gasteiger partial charge is 0.423 e. The predicted octanol–water partition coefficient (Wildman–Crippen LogP) is 2.33. The van der Waals surface area contributed by atoms with Crippen molar-refractivity contribution in [2.24, 2.45) is 5.73 Å². The normalized spacial score (nSPS) is 12.7. The van der Waals surface area contributed by atoms with Gasteiger partial charge in [0, 0.05) is 5.02 Å². The summed E-state index contributed by atoms with van der Waals surface area (Å²) in [6.07, 6.45) is 0.594. The molecule has 0 spiro atoms. The molecular formula is C11H12ClN3O. The summed E-state index contributed by atoms with van der Waals surface area (Å²) in [6, 6.07) is 7.29. The number of hydrogen-bond donors (Lipinski definition) is 1. The maximum Gasteiger partial charge on any atom is 0.232 e. The van der Waals surface area contributed by atoms with Gasteiger partial charge in [0.25, 0.3) is 0 Å². The van der Waals surface area contributed by atoms with Crippen molar-refractivity contribution >= 4 is 11.6 Å². The first-order valence-corrected chi connectivity index (χ1v) is 5.35. The van der Waals surface area contributed by atoms with E-state index in [0.717, 1.165) is 5.56 Å². The zero-order valence-corrected chi connectivity index (χ0v) is 9.61. The minimum atomic E-state index is -0.230. The van der Waals surface area contributed by atoms with Gasteiger partial charge in [0.05, 0.1) is 12.5 Å². The predicted molar refractivity (Wildman–Crippen MR) is 61.2 cm³/mol. The Hall–Kier alpha value is -1.39. The van der Waals surface area contributed by atoms with E-state index in [4.69, 9.17) is 21.8 Å². The summed E-state index contributed by atoms with van der Waals surface area (Å²) >= 11 is 5.79. The zero-order valence-electron chi connectivity index (χ0n) is 8.85. The second-order valence-corrected chi connectivity index (χ2v) is 4.06. The van der Waals surface area contributed by atoms with Gasteiger partial charge in [0.1, 0.15) is 0 Å². The lowest BCUT2D eigenvalue weighted by Crippen LogP contribution is -2.04. The van der Waals surface area contributed by atoms with Gasteiger partial charge in [-0.1, -0.05) is 23.7 Å². The van der Waals surface area contributed by atoms with Crippen molar-refractivity contribution in [1.29, 1.82) is 0 Å². The monoisotopic (exact) mass is 237 g/mol. The first kappa shape index (κ1) is 11.1. The Bertz CT molecular complexity index is 464. The maximum atomic E-state index is 5.79. The minimum absolute atomic E-state index is 0.230. The fraction of sp³-hybridized carbons (Fsp3) is 0.273. The summed E-state index contributed by atoms with van der Waals surface area (Å²) in [5.74, 6) is 1.03. The molecule has 4 nitrogen and oxygen atoms in total. The lowest BCUT2D eigenvalue weighted by Gasteiger charge is -1.97. The van der Waals surface area contributed by atoms with Crippen LogP contribution in [0.5, 0.6) is 0 Å². The molecule has 0 saturated heterocycles. The number of nitrogens with two attached hydrogens (primary N) is 1. The van der Waals surface area contributed by atoms with E-state index >= 15 is 0 Å². The molecule has 0 aliphatic heterocycles. The number of rotatable bonds is 3. The molecular weight excluding hydrogens is 226 g/mol. The highest BCUT2D eigenvalue weighted by atomic mass is 35.5. The Balaban J connectivity index is 2.11. The topological polar surface area (TPSA) is 64.9 Å². The van der Waals surface area contributed by atoms with Gasteiger partial charge in [-0.2, -0.15) is 0 Å². The van der Waals surface area contributed by atoms with Crippen LogP contribution in [-0.2, 0) is 6.42 Å². The minimum Gasteiger partial charge on any atom is -0.423 e. The summed E-state index contributed by atoms with van der Waals surface area (Å²) in [6.45, 7) is 1.81. The summed E-state index contributed by atoms with van der Waals surface area (Å²) < 4.78 is 5.40. The second-order valence-electron chi connectivity index (χ2n) is 3.63. The summed E-state index contributed by atoms with van der Waals surface area (Å²) in [5, 5.41) is 8.50. The Labute approximate surface area is 98.4 Å². The molecule has 0 aliphatic rings. The number of benzene rings is 1. The van der Waals surface area contributed by atoms with Crippen molar-refractivity contribution in [3.05, 3.63) is 46.6 Å². The molecule has 0 saturated carbocycles. The van der Waals surface area contributed by atoms with Crippen LogP contribution >= 0.6 is 11.6 Å². The van der Waals surface area contributed by atoms with Crippen molar-refractivity contribution in [3.63, 3.8) is 0 Å². The molecule has 0 radical (unpaired) electrons. The molecule has 1 aromatic carbocycles. The molecule has 0 aliphatic carbocycles. The summed E-state index contributed by atoms with van der Waals surface area (Å²) in [5.41, 5.74) is 6.70. The molecule has 0 fully saturated rings. The van der Waals surface area contributed by atoms with Crippen molar-refractivity contribution in [2.75, 3.05) is 0 Å². The van der Waals surface area contributed by atoms with Crippen molar-refractivity contribution in [2.45, 2.75) is 19.4 Å². The molecule has 1 unspecified atom stereocenters. The lowest BCUT2D eigenvalue weighted by molar-refractivity contribution is 0.433. The van der Waals surface area contributed by atoms with E-state index in [0.29, 0.717) is 23.2 Å². The maximum absolute atomic E-state index is 5.79. The van der Waals surface area contributed by atoms with Crippen LogP contribution in [0.1, 0.15) is 30.3 Å². The van der Waals surface area contributed by atoms with E-state index in [1.807, 2.05) is 24.3 Å². The van der Waals surface area contributed by atoms with Crippen LogP contribution in [0, 0.1) is 0 Å². The van der Waals surface area contributed by atoms with E-state index in [1.54, 1.807) is 6.92 Å². The molecule has 5 heteroatoms. The van der Waals surface area contributed by atoms with Gasteiger partial charge in [0.2, 0.25) is 11.8 Å². The molecule has 2 rings (SSSR count). The smallest absolute Gasteiger partial charge is 0.232 e. The molecule has 1 heterocycles. The van der Waals surface area contributed by atoms with Gasteiger partial charge in [-0.05, 0) is 24.6 Å². The molecule has 2 aromatic rings. The number of halogens is 1. The van der Waals surface area contributed by atoms with E-state index in [2.05, 4.69) is 10.2 Å². The first-order chi connectivity index (χ1) is 7.65. The molecule has 16 heavy (non-hydrogen) atoms. The third-order valence-electron chi connectivity index (χ3n) is 2.14. The number of aromatic nitrogens is 2. The molecule has 1 atom stereocenters. The highest BCUT2D eigenvalue weighted by Crippen LogP contribution is 2.14. The van der Waals surface area contributed by atoms with Crippen LogP contribution in [0.25, 0.3) is 0 Å². The van der Waals surface area contributed by atoms with Gasteiger partial charge in [-0.15, -0.1) is 10.2 Å². The number of hydrogen-bond acceptors (Lipinski definition) is 4. The van der Waals surface area contributed by atoms with Gasteiger partial charge in [0.15, 0.2) is 0 Å². The highest BCUT2D eigenvalue weighted by Gasteiger charge is 2.09. The quantitative estimate of drug-likeness (QED) is 0.890. The van der Waals surface area contributed by atoms with Gasteiger partial charge < -0.3 is 10.2 Å². The van der Waals surface area contributed by atoms with E-state index in [-0.39, 0.29) is 6.04 Å². The average Bonchev–Trinajstić information content (AvgIpc) is 2.70. The van der Waals surface area contributed by atoms with Gasteiger partial charge >= 0.3 is 0 Å². The van der Waals surface area contributed by atoms with E-state index < -0.39 is 0 Å². The average molecular weight is 238 g/mol. The molecule has 2 N–H and O–H groups in total. The van der Waals surface area contributed by atoms with Crippen molar-refractivity contribution in [1.82, 2.24) is 10.2 Å². The van der Waals surface area contributed by atoms with E-state index in [9.17, 15) is 0 Å². The number of nitrogens with zero attached hydrogens (tertiary/aromatic N) is 2.